The predicted molar refractivity (Wildman–Crippen MR) is 76.4 cm³/mol. The largest absolute Gasteiger partial charge is 0.478 e. The highest BCUT2D eigenvalue weighted by atomic mass is 16.4. The molecule has 0 unspecified atom stereocenters. The van der Waals surface area contributed by atoms with Gasteiger partial charge in [-0.25, -0.2) is 4.79 Å². The average molecular weight is 273 g/mol. The summed E-state index contributed by atoms with van der Waals surface area (Å²) in [6.07, 6.45) is 3.85. The number of carboxylic acid groups (broad SMARTS) is 1. The molecule has 2 aromatic rings. The molecule has 5 nitrogen and oxygen atoms in total. The van der Waals surface area contributed by atoms with Gasteiger partial charge in [0.15, 0.2) is 0 Å². The van der Waals surface area contributed by atoms with Gasteiger partial charge in [-0.3, -0.25) is 9.58 Å². The third-order valence-electron chi connectivity index (χ3n) is 3.19. The van der Waals surface area contributed by atoms with Crippen LogP contribution in [0, 0.1) is 0 Å². The first kappa shape index (κ1) is 14.3. The van der Waals surface area contributed by atoms with Crippen molar-refractivity contribution in [3.63, 3.8) is 0 Å². The Labute approximate surface area is 118 Å². The van der Waals surface area contributed by atoms with Crippen LogP contribution in [0.1, 0.15) is 28.4 Å². The van der Waals surface area contributed by atoms with Gasteiger partial charge in [0.05, 0.1) is 11.8 Å². The molecule has 0 aliphatic carbocycles. The lowest BCUT2D eigenvalue weighted by molar-refractivity contribution is 0.0696. The molecule has 20 heavy (non-hydrogen) atoms. The van der Waals surface area contributed by atoms with E-state index in [1.54, 1.807) is 22.9 Å². The zero-order chi connectivity index (χ0) is 14.5. The third-order valence-corrected chi connectivity index (χ3v) is 3.19. The summed E-state index contributed by atoms with van der Waals surface area (Å²) < 4.78 is 1.79. The van der Waals surface area contributed by atoms with Gasteiger partial charge in [0.1, 0.15) is 0 Å². The van der Waals surface area contributed by atoms with E-state index in [2.05, 4.69) is 16.9 Å². The second-order valence-corrected chi connectivity index (χ2v) is 4.83. The summed E-state index contributed by atoms with van der Waals surface area (Å²) in [7, 11) is 1.90. The minimum Gasteiger partial charge on any atom is -0.478 e. The summed E-state index contributed by atoms with van der Waals surface area (Å²) in [5, 5.41) is 13.2. The molecule has 106 valence electrons. The number of carbonyl (C=O) groups is 1. The van der Waals surface area contributed by atoms with E-state index in [-0.39, 0.29) is 0 Å². The SMILES string of the molecule is CCN(Cc1cccc(C(=O)O)c1)Cc1cnn(C)c1. The van der Waals surface area contributed by atoms with Crippen molar-refractivity contribution in [3.05, 3.63) is 53.3 Å². The molecule has 1 aromatic carbocycles. The Morgan fingerprint density at radius 3 is 2.70 bits per heavy atom. The van der Waals surface area contributed by atoms with Gasteiger partial charge < -0.3 is 5.11 Å². The topological polar surface area (TPSA) is 58.4 Å². The van der Waals surface area contributed by atoms with E-state index >= 15 is 0 Å². The zero-order valence-electron chi connectivity index (χ0n) is 11.8. The van der Waals surface area contributed by atoms with Crippen LogP contribution in [0.3, 0.4) is 0 Å². The van der Waals surface area contributed by atoms with Crippen molar-refractivity contribution in [1.29, 1.82) is 0 Å². The second kappa shape index (κ2) is 6.34. The van der Waals surface area contributed by atoms with Crippen molar-refractivity contribution < 1.29 is 9.90 Å². The van der Waals surface area contributed by atoms with E-state index in [1.807, 2.05) is 25.5 Å². The quantitative estimate of drug-likeness (QED) is 0.876. The molecule has 0 aliphatic rings. The molecule has 0 atom stereocenters. The fourth-order valence-corrected chi connectivity index (χ4v) is 2.15. The second-order valence-electron chi connectivity index (χ2n) is 4.83. The zero-order valence-corrected chi connectivity index (χ0v) is 11.8. The van der Waals surface area contributed by atoms with Crippen molar-refractivity contribution in [2.75, 3.05) is 6.54 Å². The first-order valence-electron chi connectivity index (χ1n) is 6.60. The lowest BCUT2D eigenvalue weighted by Gasteiger charge is -2.19. The number of rotatable bonds is 6. The molecule has 0 fully saturated rings. The lowest BCUT2D eigenvalue weighted by Crippen LogP contribution is -2.22. The molecule has 0 spiro atoms. The minimum atomic E-state index is -0.887. The molecule has 1 heterocycles. The van der Waals surface area contributed by atoms with Crippen LogP contribution in [0.15, 0.2) is 36.7 Å². The molecule has 5 heteroatoms. The van der Waals surface area contributed by atoms with E-state index in [4.69, 9.17) is 5.11 Å². The Bertz CT molecular complexity index is 592. The van der Waals surface area contributed by atoms with Gasteiger partial charge in [-0.2, -0.15) is 5.10 Å². The Hall–Kier alpha value is -2.14. The highest BCUT2D eigenvalue weighted by Crippen LogP contribution is 2.11. The van der Waals surface area contributed by atoms with E-state index in [0.717, 1.165) is 30.8 Å². The van der Waals surface area contributed by atoms with Crippen molar-refractivity contribution in [3.8, 4) is 0 Å². The molecular formula is C15H19N3O2. The standard InChI is InChI=1S/C15H19N3O2/c1-3-18(11-13-8-16-17(2)9-13)10-12-5-4-6-14(7-12)15(19)20/h4-9H,3,10-11H2,1-2H3,(H,19,20). The van der Waals surface area contributed by atoms with E-state index in [0.29, 0.717) is 5.56 Å². The molecule has 2 rings (SSSR count). The van der Waals surface area contributed by atoms with Gasteiger partial charge in [-0.05, 0) is 24.2 Å². The van der Waals surface area contributed by atoms with E-state index < -0.39 is 5.97 Å². The summed E-state index contributed by atoms with van der Waals surface area (Å²) in [5.74, 6) is -0.887. The van der Waals surface area contributed by atoms with Gasteiger partial charge in [0.25, 0.3) is 0 Å². The summed E-state index contributed by atoms with van der Waals surface area (Å²) in [6, 6.07) is 7.09. The van der Waals surface area contributed by atoms with Crippen LogP contribution >= 0.6 is 0 Å². The highest BCUT2D eigenvalue weighted by Gasteiger charge is 2.08. The van der Waals surface area contributed by atoms with Gasteiger partial charge in [0.2, 0.25) is 0 Å². The number of aromatic nitrogens is 2. The van der Waals surface area contributed by atoms with E-state index in [9.17, 15) is 4.79 Å². The van der Waals surface area contributed by atoms with Crippen molar-refractivity contribution in [2.45, 2.75) is 20.0 Å². The molecule has 1 aromatic heterocycles. The molecule has 0 aliphatic heterocycles. The van der Waals surface area contributed by atoms with Crippen molar-refractivity contribution in [1.82, 2.24) is 14.7 Å². The summed E-state index contributed by atoms with van der Waals surface area (Å²) in [6.45, 7) is 4.53. The van der Waals surface area contributed by atoms with Gasteiger partial charge >= 0.3 is 5.97 Å². The highest BCUT2D eigenvalue weighted by molar-refractivity contribution is 5.87. The fourth-order valence-electron chi connectivity index (χ4n) is 2.15. The Balaban J connectivity index is 2.06. The van der Waals surface area contributed by atoms with Crippen LogP contribution in [0.5, 0.6) is 0 Å². The number of aryl methyl sites for hydroxylation is 1. The Morgan fingerprint density at radius 1 is 1.35 bits per heavy atom. The Morgan fingerprint density at radius 2 is 2.10 bits per heavy atom. The molecule has 0 saturated heterocycles. The van der Waals surface area contributed by atoms with Gasteiger partial charge in [-0.15, -0.1) is 0 Å². The maximum Gasteiger partial charge on any atom is 0.335 e. The molecule has 0 amide bonds. The van der Waals surface area contributed by atoms with Crippen molar-refractivity contribution >= 4 is 5.97 Å². The molecular weight excluding hydrogens is 254 g/mol. The fraction of sp³-hybridized carbons (Fsp3) is 0.333. The first-order valence-corrected chi connectivity index (χ1v) is 6.60. The number of aromatic carboxylic acids is 1. The van der Waals surface area contributed by atoms with Crippen LogP contribution in [-0.4, -0.2) is 32.3 Å². The Kier molecular flexibility index (Phi) is 4.53. The number of nitrogens with zero attached hydrogens (tertiary/aromatic N) is 3. The van der Waals surface area contributed by atoms with Crippen molar-refractivity contribution in [2.24, 2.45) is 7.05 Å². The molecule has 0 radical (unpaired) electrons. The summed E-state index contributed by atoms with van der Waals surface area (Å²) in [4.78, 5) is 13.2. The number of carboxylic acids is 1. The maximum atomic E-state index is 11.0. The molecule has 0 bridgehead atoms. The normalized spacial score (nSPS) is 10.9. The van der Waals surface area contributed by atoms with Crippen LogP contribution in [-0.2, 0) is 20.1 Å². The molecule has 1 N–H and O–H groups in total. The minimum absolute atomic E-state index is 0.333. The number of hydrogen-bond donors (Lipinski definition) is 1. The monoisotopic (exact) mass is 273 g/mol. The first-order chi connectivity index (χ1) is 9.58. The number of benzene rings is 1. The smallest absolute Gasteiger partial charge is 0.335 e. The van der Waals surface area contributed by atoms with Crippen LogP contribution in [0.4, 0.5) is 0 Å². The van der Waals surface area contributed by atoms with Crippen LogP contribution in [0.25, 0.3) is 0 Å². The van der Waals surface area contributed by atoms with E-state index in [1.165, 1.54) is 0 Å². The number of hydrogen-bond acceptors (Lipinski definition) is 3. The van der Waals surface area contributed by atoms with Gasteiger partial charge in [0, 0.05) is 31.9 Å². The predicted octanol–water partition coefficient (Wildman–Crippen LogP) is 2.14. The summed E-state index contributed by atoms with van der Waals surface area (Å²) in [5.41, 5.74) is 2.50. The average Bonchev–Trinajstić information content (AvgIpc) is 2.83. The molecule has 0 saturated carbocycles. The van der Waals surface area contributed by atoms with Gasteiger partial charge in [-0.1, -0.05) is 19.1 Å². The summed E-state index contributed by atoms with van der Waals surface area (Å²) >= 11 is 0. The lowest BCUT2D eigenvalue weighted by atomic mass is 10.1. The third kappa shape index (κ3) is 3.68. The maximum absolute atomic E-state index is 11.0. The van der Waals surface area contributed by atoms with Crippen LogP contribution in [0.2, 0.25) is 0 Å². The van der Waals surface area contributed by atoms with Crippen LogP contribution < -0.4 is 0 Å².